The van der Waals surface area contributed by atoms with Crippen LogP contribution in [0.4, 0.5) is 5.69 Å². The molecule has 0 bridgehead atoms. The van der Waals surface area contributed by atoms with E-state index in [0.29, 0.717) is 5.58 Å². The highest BCUT2D eigenvalue weighted by Gasteiger charge is 2.22. The maximum atomic E-state index is 12.3. The van der Waals surface area contributed by atoms with Crippen LogP contribution in [0.3, 0.4) is 0 Å². The first kappa shape index (κ1) is 13.5. The molecule has 0 saturated carbocycles. The van der Waals surface area contributed by atoms with Crippen molar-refractivity contribution < 1.29 is 4.42 Å². The third kappa shape index (κ3) is 2.29. The van der Waals surface area contributed by atoms with Crippen LogP contribution in [0.5, 0.6) is 0 Å². The molecule has 0 fully saturated rings. The van der Waals surface area contributed by atoms with E-state index in [0.717, 1.165) is 28.8 Å². The molecule has 4 rings (SSSR count). The number of hydrogen-bond donors (Lipinski definition) is 1. The number of rotatable bonds is 1. The Hall–Kier alpha value is -2.20. The molecule has 1 unspecified atom stereocenters. The monoisotopic (exact) mass is 309 g/mol. The van der Waals surface area contributed by atoms with E-state index in [-0.39, 0.29) is 11.0 Å². The SMILES string of the molecule is O=c1oc2ccccc2c2c1CCSC(c1ccccc1)N2. The first-order valence-electron chi connectivity index (χ1n) is 7.31. The van der Waals surface area contributed by atoms with Gasteiger partial charge >= 0.3 is 5.63 Å². The zero-order valence-corrected chi connectivity index (χ0v) is 12.7. The fourth-order valence-electron chi connectivity index (χ4n) is 2.84. The summed E-state index contributed by atoms with van der Waals surface area (Å²) >= 11 is 1.82. The fraction of sp³-hybridized carbons (Fsp3) is 0.167. The number of thioether (sulfide) groups is 1. The van der Waals surface area contributed by atoms with Gasteiger partial charge in [0.15, 0.2) is 0 Å². The van der Waals surface area contributed by atoms with Gasteiger partial charge in [-0.25, -0.2) is 4.79 Å². The van der Waals surface area contributed by atoms with Crippen LogP contribution in [0.25, 0.3) is 11.0 Å². The highest BCUT2D eigenvalue weighted by Crippen LogP contribution is 2.37. The highest BCUT2D eigenvalue weighted by atomic mass is 32.2. The van der Waals surface area contributed by atoms with Crippen molar-refractivity contribution in [2.45, 2.75) is 11.8 Å². The minimum atomic E-state index is -0.226. The smallest absolute Gasteiger partial charge is 0.341 e. The Morgan fingerprint density at radius 2 is 1.82 bits per heavy atom. The molecule has 0 aliphatic carbocycles. The molecule has 4 heteroatoms. The summed E-state index contributed by atoms with van der Waals surface area (Å²) in [4.78, 5) is 12.3. The second-order valence-corrected chi connectivity index (χ2v) is 6.51. The Labute approximate surface area is 132 Å². The van der Waals surface area contributed by atoms with E-state index in [4.69, 9.17) is 4.42 Å². The highest BCUT2D eigenvalue weighted by molar-refractivity contribution is 7.99. The molecule has 0 saturated heterocycles. The van der Waals surface area contributed by atoms with Crippen molar-refractivity contribution >= 4 is 28.4 Å². The Balaban J connectivity index is 1.88. The fourth-order valence-corrected chi connectivity index (χ4v) is 3.95. The zero-order chi connectivity index (χ0) is 14.9. The summed E-state index contributed by atoms with van der Waals surface area (Å²) in [5.74, 6) is 0.892. The van der Waals surface area contributed by atoms with Gasteiger partial charge < -0.3 is 9.73 Å². The maximum Gasteiger partial charge on any atom is 0.341 e. The number of anilines is 1. The molecule has 0 radical (unpaired) electrons. The van der Waals surface area contributed by atoms with Gasteiger partial charge in [-0.15, -0.1) is 11.8 Å². The first-order valence-corrected chi connectivity index (χ1v) is 8.35. The van der Waals surface area contributed by atoms with Gasteiger partial charge in [-0.05, 0) is 24.1 Å². The number of benzene rings is 2. The summed E-state index contributed by atoms with van der Waals surface area (Å²) < 4.78 is 5.45. The van der Waals surface area contributed by atoms with Gasteiger partial charge in [-0.3, -0.25) is 0 Å². The van der Waals surface area contributed by atoms with Crippen molar-refractivity contribution in [2.75, 3.05) is 11.1 Å². The summed E-state index contributed by atoms with van der Waals surface area (Å²) in [5, 5.41) is 4.68. The zero-order valence-electron chi connectivity index (χ0n) is 11.9. The van der Waals surface area contributed by atoms with Gasteiger partial charge in [-0.2, -0.15) is 0 Å². The number of para-hydroxylation sites is 1. The predicted molar refractivity (Wildman–Crippen MR) is 91.5 cm³/mol. The van der Waals surface area contributed by atoms with E-state index >= 15 is 0 Å². The van der Waals surface area contributed by atoms with Gasteiger partial charge in [0, 0.05) is 11.1 Å². The lowest BCUT2D eigenvalue weighted by molar-refractivity contribution is 0.552. The molecule has 1 aliphatic heterocycles. The summed E-state index contributed by atoms with van der Waals surface area (Å²) in [6.07, 6.45) is 0.726. The molecule has 1 N–H and O–H groups in total. The molecule has 0 spiro atoms. The van der Waals surface area contributed by atoms with Gasteiger partial charge in [-0.1, -0.05) is 42.5 Å². The minimum Gasteiger partial charge on any atom is -0.422 e. The van der Waals surface area contributed by atoms with Gasteiger partial charge in [0.2, 0.25) is 0 Å². The first-order chi connectivity index (χ1) is 10.8. The maximum absolute atomic E-state index is 12.3. The Kier molecular flexibility index (Phi) is 3.39. The Bertz CT molecular complexity index is 873. The number of nitrogens with one attached hydrogen (secondary N) is 1. The lowest BCUT2D eigenvalue weighted by Gasteiger charge is -2.18. The summed E-state index contributed by atoms with van der Waals surface area (Å²) in [5.41, 5.74) is 3.31. The van der Waals surface area contributed by atoms with E-state index in [1.54, 1.807) is 0 Å². The van der Waals surface area contributed by atoms with Crippen LogP contribution in [0, 0.1) is 0 Å². The van der Waals surface area contributed by atoms with Crippen LogP contribution in [-0.2, 0) is 6.42 Å². The normalized spacial score (nSPS) is 17.5. The van der Waals surface area contributed by atoms with Crippen LogP contribution in [0.2, 0.25) is 0 Å². The molecular weight excluding hydrogens is 294 g/mol. The van der Waals surface area contributed by atoms with E-state index in [9.17, 15) is 4.79 Å². The molecule has 3 aromatic rings. The third-order valence-electron chi connectivity index (χ3n) is 3.92. The standard InChI is InChI=1S/C18H15NO2S/c20-18-14-10-11-22-17(12-6-2-1-3-7-12)19-16(14)13-8-4-5-9-15(13)21-18/h1-9,17,19H,10-11H2. The minimum absolute atomic E-state index is 0.146. The van der Waals surface area contributed by atoms with Crippen molar-refractivity contribution in [3.63, 3.8) is 0 Å². The van der Waals surface area contributed by atoms with E-state index in [1.165, 1.54) is 5.56 Å². The molecule has 0 amide bonds. The van der Waals surface area contributed by atoms with Crippen molar-refractivity contribution in [2.24, 2.45) is 0 Å². The van der Waals surface area contributed by atoms with Crippen molar-refractivity contribution in [1.29, 1.82) is 0 Å². The van der Waals surface area contributed by atoms with Crippen LogP contribution in [-0.4, -0.2) is 5.75 Å². The molecule has 1 aromatic heterocycles. The number of fused-ring (bicyclic) bond motifs is 3. The van der Waals surface area contributed by atoms with Crippen LogP contribution in [0.1, 0.15) is 16.5 Å². The van der Waals surface area contributed by atoms with Gasteiger partial charge in [0.05, 0.1) is 16.6 Å². The Morgan fingerprint density at radius 1 is 1.05 bits per heavy atom. The van der Waals surface area contributed by atoms with Crippen LogP contribution < -0.4 is 10.9 Å². The van der Waals surface area contributed by atoms with Gasteiger partial charge in [0.1, 0.15) is 5.58 Å². The molecule has 110 valence electrons. The van der Waals surface area contributed by atoms with E-state index in [1.807, 2.05) is 54.2 Å². The van der Waals surface area contributed by atoms with Crippen molar-refractivity contribution in [3.8, 4) is 0 Å². The van der Waals surface area contributed by atoms with Crippen molar-refractivity contribution in [3.05, 3.63) is 76.1 Å². The Morgan fingerprint density at radius 3 is 2.68 bits per heavy atom. The summed E-state index contributed by atoms with van der Waals surface area (Å²) in [7, 11) is 0. The molecule has 3 nitrogen and oxygen atoms in total. The topological polar surface area (TPSA) is 42.2 Å². The van der Waals surface area contributed by atoms with Crippen LogP contribution in [0.15, 0.2) is 63.8 Å². The quantitative estimate of drug-likeness (QED) is 0.684. The van der Waals surface area contributed by atoms with Crippen molar-refractivity contribution in [1.82, 2.24) is 0 Å². The predicted octanol–water partition coefficient (Wildman–Crippen LogP) is 4.19. The average molecular weight is 309 g/mol. The van der Waals surface area contributed by atoms with Gasteiger partial charge in [0.25, 0.3) is 0 Å². The second-order valence-electron chi connectivity index (χ2n) is 5.30. The number of hydrogen-bond acceptors (Lipinski definition) is 4. The molecule has 2 heterocycles. The average Bonchev–Trinajstić information content (AvgIpc) is 2.79. The largest absolute Gasteiger partial charge is 0.422 e. The summed E-state index contributed by atoms with van der Waals surface area (Å²) in [6, 6.07) is 18.0. The second kappa shape index (κ2) is 5.54. The molecule has 2 aromatic carbocycles. The lowest BCUT2D eigenvalue weighted by atomic mass is 10.1. The van der Waals surface area contributed by atoms with E-state index in [2.05, 4.69) is 17.4 Å². The third-order valence-corrected chi connectivity index (χ3v) is 5.08. The lowest BCUT2D eigenvalue weighted by Crippen LogP contribution is -2.12. The molecular formula is C18H15NO2S. The summed E-state index contributed by atoms with van der Waals surface area (Å²) in [6.45, 7) is 0. The van der Waals surface area contributed by atoms with E-state index < -0.39 is 0 Å². The molecule has 1 aliphatic rings. The molecule has 1 atom stereocenters. The van der Waals surface area contributed by atoms with Crippen LogP contribution >= 0.6 is 11.8 Å². The molecule has 22 heavy (non-hydrogen) atoms.